The first-order valence-corrected chi connectivity index (χ1v) is 5.99. The second-order valence-corrected chi connectivity index (χ2v) is 5.68. The van der Waals surface area contributed by atoms with E-state index in [1.165, 1.54) is 6.42 Å². The lowest BCUT2D eigenvalue weighted by molar-refractivity contribution is 0.0473. The topological polar surface area (TPSA) is 20.2 Å². The van der Waals surface area contributed by atoms with E-state index in [9.17, 15) is 5.11 Å². The molecule has 0 spiro atoms. The molecule has 0 saturated heterocycles. The van der Waals surface area contributed by atoms with E-state index in [4.69, 9.17) is 0 Å². The Labute approximate surface area is 89.9 Å². The van der Waals surface area contributed by atoms with Crippen LogP contribution in [0.15, 0.2) is 0 Å². The number of aliphatic hydroxyl groups excluding tert-OH is 1. The molecule has 2 atom stereocenters. The molecule has 0 aromatic carbocycles. The summed E-state index contributed by atoms with van der Waals surface area (Å²) in [6, 6.07) is 0. The number of hydrogen-bond donors (Lipinski definition) is 1. The minimum Gasteiger partial charge on any atom is -0.393 e. The molecule has 1 heteroatoms. The van der Waals surface area contributed by atoms with Gasteiger partial charge in [-0.15, -0.1) is 0 Å². The molecular weight excluding hydrogens is 172 g/mol. The van der Waals surface area contributed by atoms with Gasteiger partial charge in [-0.25, -0.2) is 0 Å². The summed E-state index contributed by atoms with van der Waals surface area (Å²) in [4.78, 5) is 0. The Balaban J connectivity index is 4.10. The zero-order valence-electron chi connectivity index (χ0n) is 10.8. The predicted octanol–water partition coefficient (Wildman–Crippen LogP) is 3.86. The van der Waals surface area contributed by atoms with Crippen LogP contribution in [0.3, 0.4) is 0 Å². The fourth-order valence-electron chi connectivity index (χ4n) is 1.62. The van der Waals surface area contributed by atoms with Crippen LogP contribution < -0.4 is 0 Å². The second-order valence-electron chi connectivity index (χ2n) is 5.68. The molecule has 0 amide bonds. The highest BCUT2D eigenvalue weighted by atomic mass is 16.3. The molecule has 0 saturated carbocycles. The van der Waals surface area contributed by atoms with Gasteiger partial charge in [0.05, 0.1) is 6.10 Å². The minimum absolute atomic E-state index is 0.132. The standard InChI is InChI=1S/C13H28O/c1-7-8-11(4)12(14)9-13(5,6)10(2)3/h10-12,14H,7-9H2,1-6H3. The lowest BCUT2D eigenvalue weighted by Gasteiger charge is -2.33. The van der Waals surface area contributed by atoms with Gasteiger partial charge in [0.2, 0.25) is 0 Å². The minimum atomic E-state index is -0.132. The van der Waals surface area contributed by atoms with E-state index in [-0.39, 0.29) is 11.5 Å². The van der Waals surface area contributed by atoms with Crippen molar-refractivity contribution in [1.82, 2.24) is 0 Å². The van der Waals surface area contributed by atoms with E-state index in [0.717, 1.165) is 12.8 Å². The Morgan fingerprint density at radius 2 is 1.64 bits per heavy atom. The Morgan fingerprint density at radius 3 is 2.00 bits per heavy atom. The third kappa shape index (κ3) is 4.45. The van der Waals surface area contributed by atoms with Crippen LogP contribution in [0.25, 0.3) is 0 Å². The van der Waals surface area contributed by atoms with Crippen molar-refractivity contribution in [1.29, 1.82) is 0 Å². The molecule has 0 rings (SSSR count). The molecule has 0 aromatic heterocycles. The molecule has 0 radical (unpaired) electrons. The monoisotopic (exact) mass is 200 g/mol. The third-order valence-electron chi connectivity index (χ3n) is 3.70. The Bertz CT molecular complexity index is 149. The van der Waals surface area contributed by atoms with Gasteiger partial charge in [-0.2, -0.15) is 0 Å². The van der Waals surface area contributed by atoms with Crippen LogP contribution in [0.5, 0.6) is 0 Å². The molecule has 1 N–H and O–H groups in total. The first-order chi connectivity index (χ1) is 6.31. The average molecular weight is 200 g/mol. The van der Waals surface area contributed by atoms with Gasteiger partial charge in [-0.3, -0.25) is 0 Å². The van der Waals surface area contributed by atoms with Gasteiger partial charge in [0, 0.05) is 0 Å². The summed E-state index contributed by atoms with van der Waals surface area (Å²) in [6.07, 6.45) is 3.09. The van der Waals surface area contributed by atoms with Crippen LogP contribution in [0.2, 0.25) is 0 Å². The van der Waals surface area contributed by atoms with Crippen molar-refractivity contribution in [2.45, 2.75) is 66.9 Å². The molecule has 86 valence electrons. The summed E-state index contributed by atoms with van der Waals surface area (Å²) in [5, 5.41) is 10.0. The van der Waals surface area contributed by atoms with E-state index >= 15 is 0 Å². The van der Waals surface area contributed by atoms with Crippen LogP contribution in [-0.4, -0.2) is 11.2 Å². The molecule has 2 unspecified atom stereocenters. The average Bonchev–Trinajstić information content (AvgIpc) is 2.03. The largest absolute Gasteiger partial charge is 0.393 e. The van der Waals surface area contributed by atoms with Crippen molar-refractivity contribution in [3.8, 4) is 0 Å². The normalized spacial score (nSPS) is 17.1. The second kappa shape index (κ2) is 5.75. The first-order valence-electron chi connectivity index (χ1n) is 5.99. The molecule has 0 aliphatic carbocycles. The van der Waals surface area contributed by atoms with Gasteiger partial charge < -0.3 is 5.11 Å². The van der Waals surface area contributed by atoms with E-state index in [0.29, 0.717) is 11.8 Å². The van der Waals surface area contributed by atoms with Gasteiger partial charge in [0.1, 0.15) is 0 Å². The summed E-state index contributed by atoms with van der Waals surface area (Å²) < 4.78 is 0. The molecule has 1 nitrogen and oxygen atoms in total. The number of rotatable bonds is 6. The quantitative estimate of drug-likeness (QED) is 0.690. The maximum Gasteiger partial charge on any atom is 0.0570 e. The van der Waals surface area contributed by atoms with Crippen molar-refractivity contribution in [2.75, 3.05) is 0 Å². The number of aliphatic hydroxyl groups is 1. The highest BCUT2D eigenvalue weighted by molar-refractivity contribution is 4.78. The lowest BCUT2D eigenvalue weighted by atomic mass is 9.74. The van der Waals surface area contributed by atoms with Gasteiger partial charge >= 0.3 is 0 Å². The highest BCUT2D eigenvalue weighted by Gasteiger charge is 2.27. The van der Waals surface area contributed by atoms with Gasteiger partial charge in [-0.1, -0.05) is 48.0 Å². The van der Waals surface area contributed by atoms with E-state index in [2.05, 4.69) is 41.5 Å². The Morgan fingerprint density at radius 1 is 1.14 bits per heavy atom. The predicted molar refractivity (Wildman–Crippen MR) is 63.3 cm³/mol. The summed E-state index contributed by atoms with van der Waals surface area (Å²) >= 11 is 0. The van der Waals surface area contributed by atoms with E-state index in [1.807, 2.05) is 0 Å². The molecule has 0 aliphatic heterocycles. The smallest absolute Gasteiger partial charge is 0.0570 e. The van der Waals surface area contributed by atoms with Crippen LogP contribution in [0, 0.1) is 17.3 Å². The molecular formula is C13H28O. The van der Waals surface area contributed by atoms with Gasteiger partial charge in [0.15, 0.2) is 0 Å². The van der Waals surface area contributed by atoms with E-state index < -0.39 is 0 Å². The summed E-state index contributed by atoms with van der Waals surface area (Å²) in [5.74, 6) is 1.07. The molecule has 14 heavy (non-hydrogen) atoms. The molecule has 0 heterocycles. The summed E-state index contributed by atoms with van der Waals surface area (Å²) in [6.45, 7) is 13.3. The molecule has 0 fully saturated rings. The third-order valence-corrected chi connectivity index (χ3v) is 3.70. The van der Waals surface area contributed by atoms with Crippen molar-refractivity contribution >= 4 is 0 Å². The Hall–Kier alpha value is -0.0400. The maximum atomic E-state index is 10.0. The van der Waals surface area contributed by atoms with Crippen LogP contribution in [-0.2, 0) is 0 Å². The van der Waals surface area contributed by atoms with Crippen molar-refractivity contribution in [2.24, 2.45) is 17.3 Å². The molecule has 0 aromatic rings. The van der Waals surface area contributed by atoms with Crippen molar-refractivity contribution < 1.29 is 5.11 Å². The van der Waals surface area contributed by atoms with Gasteiger partial charge in [0.25, 0.3) is 0 Å². The lowest BCUT2D eigenvalue weighted by Crippen LogP contribution is -2.29. The fourth-order valence-corrected chi connectivity index (χ4v) is 1.62. The van der Waals surface area contributed by atoms with Gasteiger partial charge in [-0.05, 0) is 30.1 Å². The SMILES string of the molecule is CCCC(C)C(O)CC(C)(C)C(C)C. The van der Waals surface area contributed by atoms with E-state index in [1.54, 1.807) is 0 Å². The summed E-state index contributed by atoms with van der Waals surface area (Å²) in [5.41, 5.74) is 0.251. The van der Waals surface area contributed by atoms with Crippen LogP contribution in [0.4, 0.5) is 0 Å². The Kier molecular flexibility index (Phi) is 5.73. The summed E-state index contributed by atoms with van der Waals surface area (Å²) in [7, 11) is 0. The van der Waals surface area contributed by atoms with Crippen LogP contribution in [0.1, 0.15) is 60.8 Å². The first kappa shape index (κ1) is 14.0. The molecule has 0 aliphatic rings. The zero-order valence-corrected chi connectivity index (χ0v) is 10.8. The van der Waals surface area contributed by atoms with Crippen molar-refractivity contribution in [3.05, 3.63) is 0 Å². The van der Waals surface area contributed by atoms with Crippen molar-refractivity contribution in [3.63, 3.8) is 0 Å². The highest BCUT2D eigenvalue weighted by Crippen LogP contribution is 2.33. The fraction of sp³-hybridized carbons (Fsp3) is 1.00. The van der Waals surface area contributed by atoms with Crippen LogP contribution >= 0.6 is 0 Å². The number of hydrogen-bond acceptors (Lipinski definition) is 1. The maximum absolute atomic E-state index is 10.0. The zero-order chi connectivity index (χ0) is 11.4. The molecule has 0 bridgehead atoms.